The van der Waals surface area contributed by atoms with Crippen LogP contribution in [0.3, 0.4) is 0 Å². The molecule has 0 bridgehead atoms. The second kappa shape index (κ2) is 6.11. The molecule has 0 aliphatic rings. The van der Waals surface area contributed by atoms with Gasteiger partial charge in [-0.3, -0.25) is 0 Å². The van der Waals surface area contributed by atoms with E-state index in [1.165, 1.54) is 0 Å². The van der Waals surface area contributed by atoms with Gasteiger partial charge in [0.05, 0.1) is 25.2 Å². The van der Waals surface area contributed by atoms with E-state index in [4.69, 9.17) is 10.00 Å². The summed E-state index contributed by atoms with van der Waals surface area (Å²) in [5.74, 6) is 0.716. The predicted molar refractivity (Wildman–Crippen MR) is 58.8 cm³/mol. The fraction of sp³-hybridized carbons (Fsp3) is 0.417. The van der Waals surface area contributed by atoms with E-state index < -0.39 is 12.2 Å². The monoisotopic (exact) mass is 221 g/mol. The van der Waals surface area contributed by atoms with Crippen molar-refractivity contribution in [2.45, 2.75) is 25.6 Å². The highest BCUT2D eigenvalue weighted by atomic mass is 16.5. The van der Waals surface area contributed by atoms with Gasteiger partial charge < -0.3 is 14.9 Å². The molecular weight excluding hydrogens is 206 g/mol. The summed E-state index contributed by atoms with van der Waals surface area (Å²) < 4.78 is 5.25. The van der Waals surface area contributed by atoms with Crippen LogP contribution >= 0.6 is 0 Å². The van der Waals surface area contributed by atoms with E-state index in [0.717, 1.165) is 0 Å². The standard InChI is InChI=1S/C12H15NO3/c1-2-16-10-5-3-9(4-6-10)12(15)11(14)7-8-13/h3-6,11-12,14-15H,2,7H2,1H3. The van der Waals surface area contributed by atoms with Gasteiger partial charge in [-0.25, -0.2) is 0 Å². The molecule has 1 aromatic rings. The van der Waals surface area contributed by atoms with Crippen molar-refractivity contribution in [3.63, 3.8) is 0 Å². The van der Waals surface area contributed by atoms with Crippen molar-refractivity contribution in [1.82, 2.24) is 0 Å². The smallest absolute Gasteiger partial charge is 0.119 e. The van der Waals surface area contributed by atoms with Crippen LogP contribution in [0.2, 0.25) is 0 Å². The number of hydrogen-bond acceptors (Lipinski definition) is 4. The van der Waals surface area contributed by atoms with E-state index >= 15 is 0 Å². The molecule has 0 fully saturated rings. The Bertz CT molecular complexity index is 356. The molecule has 0 aromatic heterocycles. The molecule has 1 aromatic carbocycles. The first-order valence-corrected chi connectivity index (χ1v) is 5.15. The Morgan fingerprint density at radius 1 is 1.31 bits per heavy atom. The molecule has 0 radical (unpaired) electrons. The third-order valence-corrected chi connectivity index (χ3v) is 2.20. The highest BCUT2D eigenvalue weighted by Crippen LogP contribution is 2.21. The summed E-state index contributed by atoms with van der Waals surface area (Å²) in [4.78, 5) is 0. The normalized spacial score (nSPS) is 13.9. The average molecular weight is 221 g/mol. The Labute approximate surface area is 94.7 Å². The van der Waals surface area contributed by atoms with Crippen molar-refractivity contribution in [3.8, 4) is 11.8 Å². The van der Waals surface area contributed by atoms with E-state index in [1.807, 2.05) is 13.0 Å². The second-order valence-electron chi connectivity index (χ2n) is 3.38. The first-order valence-electron chi connectivity index (χ1n) is 5.15. The fourth-order valence-corrected chi connectivity index (χ4v) is 1.36. The van der Waals surface area contributed by atoms with Gasteiger partial charge in [-0.2, -0.15) is 5.26 Å². The van der Waals surface area contributed by atoms with E-state index in [9.17, 15) is 10.2 Å². The predicted octanol–water partition coefficient (Wildman–Crippen LogP) is 1.39. The lowest BCUT2D eigenvalue weighted by atomic mass is 10.0. The number of hydrogen-bond donors (Lipinski definition) is 2. The number of nitrogens with zero attached hydrogens (tertiary/aromatic N) is 1. The van der Waals surface area contributed by atoms with Crippen LogP contribution in [0.4, 0.5) is 0 Å². The molecule has 2 atom stereocenters. The number of nitriles is 1. The molecule has 16 heavy (non-hydrogen) atoms. The Morgan fingerprint density at radius 2 is 1.94 bits per heavy atom. The van der Waals surface area contributed by atoms with Crippen LogP contribution in [0.5, 0.6) is 5.75 Å². The molecule has 0 saturated carbocycles. The summed E-state index contributed by atoms with van der Waals surface area (Å²) in [6.45, 7) is 2.47. The zero-order valence-corrected chi connectivity index (χ0v) is 9.13. The minimum atomic E-state index is -1.05. The van der Waals surface area contributed by atoms with Crippen molar-refractivity contribution in [3.05, 3.63) is 29.8 Å². The van der Waals surface area contributed by atoms with Crippen molar-refractivity contribution in [2.75, 3.05) is 6.61 Å². The first kappa shape index (κ1) is 12.5. The lowest BCUT2D eigenvalue weighted by Gasteiger charge is -2.15. The number of aliphatic hydroxyl groups is 2. The van der Waals surface area contributed by atoms with Crippen LogP contribution in [0, 0.1) is 11.3 Å². The van der Waals surface area contributed by atoms with Crippen LogP contribution in [0.25, 0.3) is 0 Å². The average Bonchev–Trinajstić information content (AvgIpc) is 2.30. The zero-order valence-electron chi connectivity index (χ0n) is 9.13. The Hall–Kier alpha value is -1.57. The summed E-state index contributed by atoms with van der Waals surface area (Å²) in [6, 6.07) is 8.62. The van der Waals surface area contributed by atoms with Gasteiger partial charge in [0.2, 0.25) is 0 Å². The molecule has 1 rings (SSSR count). The Morgan fingerprint density at radius 3 is 2.44 bits per heavy atom. The van der Waals surface area contributed by atoms with Gasteiger partial charge in [-0.15, -0.1) is 0 Å². The molecule has 4 nitrogen and oxygen atoms in total. The van der Waals surface area contributed by atoms with E-state index in [1.54, 1.807) is 24.3 Å². The zero-order chi connectivity index (χ0) is 12.0. The topological polar surface area (TPSA) is 73.5 Å². The SMILES string of the molecule is CCOc1ccc(C(O)C(O)CC#N)cc1. The van der Waals surface area contributed by atoms with Crippen molar-refractivity contribution in [1.29, 1.82) is 5.26 Å². The molecule has 2 unspecified atom stereocenters. The third-order valence-electron chi connectivity index (χ3n) is 2.20. The molecule has 0 aliphatic heterocycles. The lowest BCUT2D eigenvalue weighted by Crippen LogP contribution is -2.17. The minimum absolute atomic E-state index is 0.0889. The van der Waals surface area contributed by atoms with Gasteiger partial charge in [0.25, 0.3) is 0 Å². The molecule has 0 heterocycles. The van der Waals surface area contributed by atoms with Gasteiger partial charge in [0.1, 0.15) is 11.9 Å². The maximum atomic E-state index is 9.70. The molecule has 86 valence electrons. The summed E-state index contributed by atoms with van der Waals surface area (Å²) >= 11 is 0. The summed E-state index contributed by atoms with van der Waals surface area (Å²) in [6.07, 6.45) is -2.17. The molecule has 0 amide bonds. The third kappa shape index (κ3) is 3.23. The highest BCUT2D eigenvalue weighted by Gasteiger charge is 2.17. The van der Waals surface area contributed by atoms with Gasteiger partial charge in [-0.05, 0) is 24.6 Å². The summed E-state index contributed by atoms with van der Waals surface area (Å²) in [5, 5.41) is 27.5. The van der Waals surface area contributed by atoms with Gasteiger partial charge >= 0.3 is 0 Å². The number of rotatable bonds is 5. The number of aliphatic hydroxyl groups excluding tert-OH is 2. The van der Waals surface area contributed by atoms with Gasteiger partial charge in [0, 0.05) is 0 Å². The summed E-state index contributed by atoms with van der Waals surface area (Å²) in [7, 11) is 0. The van der Waals surface area contributed by atoms with Crippen molar-refractivity contribution < 1.29 is 14.9 Å². The first-order chi connectivity index (χ1) is 7.69. The minimum Gasteiger partial charge on any atom is -0.494 e. The molecule has 4 heteroatoms. The fourth-order valence-electron chi connectivity index (χ4n) is 1.36. The van der Waals surface area contributed by atoms with Crippen molar-refractivity contribution >= 4 is 0 Å². The Kier molecular flexibility index (Phi) is 4.77. The largest absolute Gasteiger partial charge is 0.494 e. The number of ether oxygens (including phenoxy) is 1. The van der Waals surface area contributed by atoms with Crippen LogP contribution in [0.1, 0.15) is 25.0 Å². The van der Waals surface area contributed by atoms with E-state index in [2.05, 4.69) is 0 Å². The molecule has 0 saturated heterocycles. The molecule has 0 aliphatic carbocycles. The maximum Gasteiger partial charge on any atom is 0.119 e. The quantitative estimate of drug-likeness (QED) is 0.788. The van der Waals surface area contributed by atoms with Crippen LogP contribution < -0.4 is 4.74 Å². The maximum absolute atomic E-state index is 9.70. The number of benzene rings is 1. The van der Waals surface area contributed by atoms with Crippen molar-refractivity contribution in [2.24, 2.45) is 0 Å². The molecule has 2 N–H and O–H groups in total. The van der Waals surface area contributed by atoms with E-state index in [-0.39, 0.29) is 6.42 Å². The Balaban J connectivity index is 2.70. The van der Waals surface area contributed by atoms with Crippen LogP contribution in [0.15, 0.2) is 24.3 Å². The van der Waals surface area contributed by atoms with Crippen LogP contribution in [-0.2, 0) is 0 Å². The van der Waals surface area contributed by atoms with E-state index in [0.29, 0.717) is 17.9 Å². The van der Waals surface area contributed by atoms with Gasteiger partial charge in [0.15, 0.2) is 0 Å². The molecular formula is C12H15NO3. The highest BCUT2D eigenvalue weighted by molar-refractivity contribution is 5.29. The van der Waals surface area contributed by atoms with Crippen LogP contribution in [-0.4, -0.2) is 22.9 Å². The lowest BCUT2D eigenvalue weighted by molar-refractivity contribution is 0.0216. The summed E-state index contributed by atoms with van der Waals surface area (Å²) in [5.41, 5.74) is 0.575. The second-order valence-corrected chi connectivity index (χ2v) is 3.38. The molecule has 0 spiro atoms. The van der Waals surface area contributed by atoms with Gasteiger partial charge in [-0.1, -0.05) is 12.1 Å².